The molecule has 15 heavy (non-hydrogen) atoms. The molecule has 1 N–H and O–H groups in total. The molecule has 0 unspecified atom stereocenters. The largest absolute Gasteiger partial charge is 0.508 e. The number of phenols is 1. The maximum Gasteiger partial charge on any atom is 0.255 e. The van der Waals surface area contributed by atoms with E-state index in [-0.39, 0.29) is 5.69 Å². The number of nitrogens with zero attached hydrogens (tertiary/aromatic N) is 1. The van der Waals surface area contributed by atoms with E-state index in [4.69, 9.17) is 5.48 Å². The Morgan fingerprint density at radius 1 is 1.27 bits per heavy atom. The Morgan fingerprint density at radius 3 is 2.60 bits per heavy atom. The normalized spacial score (nSPS) is 13.9. The molecule has 0 atom stereocenters. The predicted molar refractivity (Wildman–Crippen MR) is 58.4 cm³/mol. The lowest BCUT2D eigenvalue weighted by Crippen LogP contribution is -2.16. The number of benzene rings is 1. The van der Waals surface area contributed by atoms with Crippen LogP contribution >= 0.6 is 0 Å². The average Bonchev–Trinajstić information content (AvgIpc) is 2.38. The molecule has 0 aliphatic rings. The smallest absolute Gasteiger partial charge is 0.255 e. The second kappa shape index (κ2) is 3.61. The Hall–Kier alpha value is -2.03. The van der Waals surface area contributed by atoms with Gasteiger partial charge in [0.1, 0.15) is 5.75 Å². The number of aromatic hydroxyl groups is 1. The molecule has 0 radical (unpaired) electrons. The van der Waals surface area contributed by atoms with Crippen LogP contribution in [0.2, 0.25) is 0 Å². The summed E-state index contributed by atoms with van der Waals surface area (Å²) in [5, 5.41) is 9.46. The second-order valence-electron chi connectivity index (χ2n) is 3.11. The van der Waals surface area contributed by atoms with E-state index >= 15 is 0 Å². The van der Waals surface area contributed by atoms with Crippen LogP contribution in [0.4, 0.5) is 0 Å². The van der Waals surface area contributed by atoms with Gasteiger partial charge >= 0.3 is 0 Å². The van der Waals surface area contributed by atoms with Crippen LogP contribution in [0.15, 0.2) is 47.3 Å². The van der Waals surface area contributed by atoms with Gasteiger partial charge in [-0.05, 0) is 36.7 Å². The van der Waals surface area contributed by atoms with Gasteiger partial charge in [0.15, 0.2) is 0 Å². The highest BCUT2D eigenvalue weighted by Crippen LogP contribution is 2.12. The molecule has 2 rings (SSSR count). The third-order valence-electron chi connectivity index (χ3n) is 1.90. The van der Waals surface area contributed by atoms with Crippen molar-refractivity contribution in [1.82, 2.24) is 4.57 Å². The molecule has 0 aliphatic carbocycles. The highest BCUT2D eigenvalue weighted by Gasteiger charge is 1.99. The van der Waals surface area contributed by atoms with Gasteiger partial charge < -0.3 is 5.11 Å². The van der Waals surface area contributed by atoms with E-state index in [2.05, 4.69) is 0 Å². The number of aryl methyl sites for hydroxylation is 1. The van der Waals surface area contributed by atoms with Gasteiger partial charge in [-0.1, -0.05) is 6.07 Å². The fourth-order valence-corrected chi connectivity index (χ4v) is 1.19. The summed E-state index contributed by atoms with van der Waals surface area (Å²) in [6.45, 7) is 1.74. The summed E-state index contributed by atoms with van der Waals surface area (Å²) in [5.41, 5.74) is 0.114. The van der Waals surface area contributed by atoms with Gasteiger partial charge in [-0.15, -0.1) is 0 Å². The standard InChI is InChI=1S/C12H11NO2/c1-9-2-7-12(15)13(8-9)10-3-5-11(14)6-4-10/h2-8,14H,1H3/i3D,4D,5D,6D. The molecule has 3 heteroatoms. The minimum Gasteiger partial charge on any atom is -0.508 e. The summed E-state index contributed by atoms with van der Waals surface area (Å²) >= 11 is 0. The molecule has 3 nitrogen and oxygen atoms in total. The molecular weight excluding hydrogens is 190 g/mol. The van der Waals surface area contributed by atoms with E-state index in [9.17, 15) is 9.90 Å². The molecule has 76 valence electrons. The van der Waals surface area contributed by atoms with Crippen LogP contribution < -0.4 is 5.56 Å². The van der Waals surface area contributed by atoms with Crippen LogP contribution in [0, 0.1) is 6.92 Å². The van der Waals surface area contributed by atoms with Gasteiger partial charge in [0, 0.05) is 18.0 Å². The third kappa shape index (κ3) is 1.91. The third-order valence-corrected chi connectivity index (χ3v) is 1.90. The van der Waals surface area contributed by atoms with E-state index in [1.807, 2.05) is 0 Å². The van der Waals surface area contributed by atoms with Crippen molar-refractivity contribution >= 4 is 0 Å². The molecule has 0 fully saturated rings. The van der Waals surface area contributed by atoms with Crippen molar-refractivity contribution in [2.45, 2.75) is 6.92 Å². The predicted octanol–water partition coefficient (Wildman–Crippen LogP) is 1.85. The second-order valence-corrected chi connectivity index (χ2v) is 3.11. The Bertz CT molecular complexity index is 695. The molecule has 0 saturated heterocycles. The Morgan fingerprint density at radius 2 is 1.93 bits per heavy atom. The first-order valence-corrected chi connectivity index (χ1v) is 4.33. The van der Waals surface area contributed by atoms with E-state index in [1.54, 1.807) is 13.0 Å². The Kier molecular flexibility index (Phi) is 1.39. The molecule has 0 bridgehead atoms. The molecule has 0 amide bonds. The summed E-state index contributed by atoms with van der Waals surface area (Å²) in [7, 11) is 0. The minimum atomic E-state index is -0.723. The van der Waals surface area contributed by atoms with Gasteiger partial charge in [-0.25, -0.2) is 0 Å². The topological polar surface area (TPSA) is 42.2 Å². The van der Waals surface area contributed by atoms with Gasteiger partial charge in [-0.2, -0.15) is 0 Å². The van der Waals surface area contributed by atoms with Crippen molar-refractivity contribution in [1.29, 1.82) is 0 Å². The van der Waals surface area contributed by atoms with Gasteiger partial charge in [0.2, 0.25) is 0 Å². The lowest BCUT2D eigenvalue weighted by Gasteiger charge is -2.05. The zero-order valence-electron chi connectivity index (χ0n) is 12.0. The number of phenolic OH excluding ortho intramolecular Hbond substituents is 1. The number of hydrogen-bond donors (Lipinski definition) is 1. The highest BCUT2D eigenvalue weighted by molar-refractivity contribution is 5.37. The lowest BCUT2D eigenvalue weighted by atomic mass is 10.2. The molecule has 0 saturated carbocycles. The Balaban J connectivity index is 2.91. The van der Waals surface area contributed by atoms with E-state index < -0.39 is 35.5 Å². The fourth-order valence-electron chi connectivity index (χ4n) is 1.19. The monoisotopic (exact) mass is 205 g/mol. The first kappa shape index (κ1) is 5.75. The van der Waals surface area contributed by atoms with E-state index in [0.29, 0.717) is 0 Å². The molecule has 1 aromatic carbocycles. The summed E-state index contributed by atoms with van der Waals surface area (Å²) < 4.78 is 31.7. The van der Waals surface area contributed by atoms with Crippen molar-refractivity contribution in [3.8, 4) is 11.4 Å². The molecular formula is C12H11NO2. The van der Waals surface area contributed by atoms with Crippen LogP contribution in [-0.4, -0.2) is 9.67 Å². The number of pyridine rings is 1. The summed E-state index contributed by atoms with van der Waals surface area (Å²) in [6.07, 6.45) is 1.43. The quantitative estimate of drug-likeness (QED) is 0.772. The number of aromatic nitrogens is 1. The molecule has 2 aromatic rings. The summed E-state index contributed by atoms with van der Waals surface area (Å²) in [4.78, 5) is 11.8. The van der Waals surface area contributed by atoms with Crippen LogP contribution in [0.5, 0.6) is 5.75 Å². The first-order valence-electron chi connectivity index (χ1n) is 6.33. The molecule has 0 spiro atoms. The molecule has 1 heterocycles. The van der Waals surface area contributed by atoms with E-state index in [0.717, 1.165) is 10.1 Å². The van der Waals surface area contributed by atoms with Crippen LogP contribution in [0.1, 0.15) is 11.0 Å². The summed E-state index contributed by atoms with van der Waals surface area (Å²) in [5.74, 6) is -0.723. The number of hydrogen-bond acceptors (Lipinski definition) is 2. The minimum absolute atomic E-state index is 0.165. The van der Waals surface area contributed by atoms with Gasteiger partial charge in [-0.3, -0.25) is 9.36 Å². The zero-order valence-corrected chi connectivity index (χ0v) is 8.03. The maximum atomic E-state index is 11.8. The van der Waals surface area contributed by atoms with Crippen molar-refractivity contribution in [2.24, 2.45) is 0 Å². The van der Waals surface area contributed by atoms with E-state index in [1.165, 1.54) is 12.3 Å². The first-order chi connectivity index (χ1) is 8.84. The SMILES string of the molecule is [2H]c1c([2H])c(-n2cc(C)ccc2=O)c([2H])c([2H])c1O. The van der Waals surface area contributed by atoms with Crippen molar-refractivity contribution in [2.75, 3.05) is 0 Å². The van der Waals surface area contributed by atoms with Crippen LogP contribution in [0.3, 0.4) is 0 Å². The van der Waals surface area contributed by atoms with Crippen molar-refractivity contribution in [3.63, 3.8) is 0 Å². The summed E-state index contributed by atoms with van der Waals surface area (Å²) in [6, 6.07) is 0.843. The molecule has 1 aromatic heterocycles. The zero-order chi connectivity index (χ0) is 14.3. The van der Waals surface area contributed by atoms with Gasteiger partial charge in [0.05, 0.1) is 5.48 Å². The lowest BCUT2D eigenvalue weighted by molar-refractivity contribution is 0.475. The number of rotatable bonds is 1. The van der Waals surface area contributed by atoms with Crippen molar-refractivity contribution < 1.29 is 10.6 Å². The maximum absolute atomic E-state index is 11.8. The fraction of sp³-hybridized carbons (Fsp3) is 0.0833. The highest BCUT2D eigenvalue weighted by atomic mass is 16.3. The van der Waals surface area contributed by atoms with Crippen LogP contribution in [0.25, 0.3) is 5.69 Å². The molecule has 0 aliphatic heterocycles. The average molecular weight is 205 g/mol. The van der Waals surface area contributed by atoms with Gasteiger partial charge in [0.25, 0.3) is 5.56 Å². The van der Waals surface area contributed by atoms with Crippen LogP contribution in [-0.2, 0) is 0 Å². The van der Waals surface area contributed by atoms with Crippen molar-refractivity contribution in [3.05, 3.63) is 58.4 Å². The Labute approximate surface area is 92.9 Å².